The van der Waals surface area contributed by atoms with Crippen LogP contribution < -0.4 is 4.72 Å². The molecule has 2 aromatic rings. The Balaban J connectivity index is 2.09. The van der Waals surface area contributed by atoms with E-state index in [1.54, 1.807) is 17.6 Å². The van der Waals surface area contributed by atoms with Gasteiger partial charge in [-0.15, -0.1) is 11.3 Å². The monoisotopic (exact) mass is 282 g/mol. The molecule has 4 nitrogen and oxygen atoms in total. The van der Waals surface area contributed by atoms with Crippen molar-refractivity contribution < 1.29 is 8.42 Å². The van der Waals surface area contributed by atoms with Gasteiger partial charge in [0.2, 0.25) is 10.0 Å². The van der Waals surface area contributed by atoms with Gasteiger partial charge in [0.15, 0.2) is 0 Å². The molecule has 0 aliphatic rings. The maximum atomic E-state index is 12.0. The van der Waals surface area contributed by atoms with Gasteiger partial charge in [-0.2, -0.15) is 0 Å². The normalized spacial score (nSPS) is 11.6. The zero-order valence-electron chi connectivity index (χ0n) is 9.96. The lowest BCUT2D eigenvalue weighted by atomic mass is 10.2. The lowest BCUT2D eigenvalue weighted by Gasteiger charge is -2.06. The minimum Gasteiger partial charge on any atom is -0.248 e. The predicted octanol–water partition coefficient (Wildman–Crippen LogP) is 2.18. The highest BCUT2D eigenvalue weighted by atomic mass is 32.2. The first-order valence-corrected chi connectivity index (χ1v) is 8.00. The van der Waals surface area contributed by atoms with Gasteiger partial charge in [0.1, 0.15) is 0 Å². The number of benzene rings is 1. The summed E-state index contributed by atoms with van der Waals surface area (Å²) >= 11 is 1.44. The third-order valence-corrected chi connectivity index (χ3v) is 4.62. The van der Waals surface area contributed by atoms with Crippen LogP contribution in [0, 0.1) is 0 Å². The summed E-state index contributed by atoms with van der Waals surface area (Å²) in [5, 5.41) is 1.82. The minimum absolute atomic E-state index is 0.224. The van der Waals surface area contributed by atoms with Gasteiger partial charge in [-0.05, 0) is 24.1 Å². The van der Waals surface area contributed by atoms with Gasteiger partial charge in [-0.1, -0.05) is 19.1 Å². The maximum Gasteiger partial charge on any atom is 0.240 e. The summed E-state index contributed by atoms with van der Waals surface area (Å²) in [4.78, 5) is 4.32. The molecule has 2 rings (SSSR count). The number of thiazole rings is 1. The zero-order valence-corrected chi connectivity index (χ0v) is 11.6. The summed E-state index contributed by atoms with van der Waals surface area (Å²) in [5.74, 6) is 0. The van der Waals surface area contributed by atoms with E-state index in [9.17, 15) is 8.42 Å². The van der Waals surface area contributed by atoms with Crippen LogP contribution in [0.15, 0.2) is 40.1 Å². The van der Waals surface area contributed by atoms with E-state index >= 15 is 0 Å². The summed E-state index contributed by atoms with van der Waals surface area (Å²) in [5.41, 5.74) is 3.53. The fraction of sp³-hybridized carbons (Fsp3) is 0.250. The first-order valence-electron chi connectivity index (χ1n) is 5.57. The van der Waals surface area contributed by atoms with E-state index in [2.05, 4.69) is 9.71 Å². The summed E-state index contributed by atoms with van der Waals surface area (Å²) < 4.78 is 26.5. The first-order chi connectivity index (χ1) is 8.62. The molecule has 0 aliphatic heterocycles. The van der Waals surface area contributed by atoms with Crippen LogP contribution in [-0.4, -0.2) is 13.4 Å². The Morgan fingerprint density at radius 3 is 2.56 bits per heavy atom. The highest BCUT2D eigenvalue weighted by Gasteiger charge is 2.13. The number of rotatable bonds is 5. The standard InChI is InChI=1S/C12H14N2O2S2/c1-2-10-3-5-12(6-4-10)18(15,16)14-7-11-8-17-9-13-11/h3-6,8-9,14H,2,7H2,1H3. The highest BCUT2D eigenvalue weighted by Crippen LogP contribution is 2.11. The quantitative estimate of drug-likeness (QED) is 0.914. The Morgan fingerprint density at radius 1 is 1.28 bits per heavy atom. The Labute approximate surface area is 111 Å². The minimum atomic E-state index is -3.45. The van der Waals surface area contributed by atoms with Gasteiger partial charge in [-0.25, -0.2) is 18.1 Å². The van der Waals surface area contributed by atoms with E-state index < -0.39 is 10.0 Å². The molecule has 0 saturated carbocycles. The summed E-state index contributed by atoms with van der Waals surface area (Å²) in [6, 6.07) is 6.92. The molecular formula is C12H14N2O2S2. The molecule has 0 unspecified atom stereocenters. The Hall–Kier alpha value is -1.24. The van der Waals surface area contributed by atoms with E-state index in [1.807, 2.05) is 24.4 Å². The van der Waals surface area contributed by atoms with Crippen molar-refractivity contribution in [1.82, 2.24) is 9.71 Å². The molecule has 0 radical (unpaired) electrons. The van der Waals surface area contributed by atoms with Crippen LogP contribution in [-0.2, 0) is 23.0 Å². The van der Waals surface area contributed by atoms with Crippen molar-refractivity contribution in [2.45, 2.75) is 24.8 Å². The van der Waals surface area contributed by atoms with Crippen LogP contribution >= 0.6 is 11.3 Å². The first kappa shape index (κ1) is 13.2. The number of hydrogen-bond acceptors (Lipinski definition) is 4. The van der Waals surface area contributed by atoms with Gasteiger partial charge in [0.05, 0.1) is 22.6 Å². The zero-order chi connectivity index (χ0) is 13.0. The van der Waals surface area contributed by atoms with Crippen molar-refractivity contribution >= 4 is 21.4 Å². The average Bonchev–Trinajstić information content (AvgIpc) is 2.90. The summed E-state index contributed by atoms with van der Waals surface area (Å²) in [6.45, 7) is 2.26. The third-order valence-electron chi connectivity index (χ3n) is 2.57. The molecule has 0 amide bonds. The number of sulfonamides is 1. The van der Waals surface area contributed by atoms with Gasteiger partial charge in [0, 0.05) is 5.38 Å². The Bertz CT molecular complexity index is 590. The Kier molecular flexibility index (Phi) is 4.11. The van der Waals surface area contributed by atoms with E-state index in [0.29, 0.717) is 0 Å². The topological polar surface area (TPSA) is 59.1 Å². The highest BCUT2D eigenvalue weighted by molar-refractivity contribution is 7.89. The van der Waals surface area contributed by atoms with E-state index in [1.165, 1.54) is 11.3 Å². The molecule has 1 N–H and O–H groups in total. The van der Waals surface area contributed by atoms with Gasteiger partial charge in [-0.3, -0.25) is 0 Å². The van der Waals surface area contributed by atoms with Crippen LogP contribution in [0.4, 0.5) is 0 Å². The molecule has 0 saturated heterocycles. The number of hydrogen-bond donors (Lipinski definition) is 1. The predicted molar refractivity (Wildman–Crippen MR) is 72.0 cm³/mol. The number of nitrogens with zero attached hydrogens (tertiary/aromatic N) is 1. The Morgan fingerprint density at radius 2 is 2.00 bits per heavy atom. The molecule has 0 fully saturated rings. The lowest BCUT2D eigenvalue weighted by Crippen LogP contribution is -2.23. The second kappa shape index (κ2) is 5.60. The van der Waals surface area contributed by atoms with Crippen molar-refractivity contribution in [2.75, 3.05) is 0 Å². The van der Waals surface area contributed by atoms with Gasteiger partial charge < -0.3 is 0 Å². The fourth-order valence-electron chi connectivity index (χ4n) is 1.48. The van der Waals surface area contributed by atoms with Crippen molar-refractivity contribution in [2.24, 2.45) is 0 Å². The number of aryl methyl sites for hydroxylation is 1. The number of aromatic nitrogens is 1. The second-order valence-electron chi connectivity index (χ2n) is 3.80. The third kappa shape index (κ3) is 3.16. The van der Waals surface area contributed by atoms with E-state index in [0.717, 1.165) is 17.7 Å². The summed E-state index contributed by atoms with van der Waals surface area (Å²) in [6.07, 6.45) is 0.895. The van der Waals surface area contributed by atoms with Gasteiger partial charge >= 0.3 is 0 Å². The van der Waals surface area contributed by atoms with Crippen LogP contribution in [0.3, 0.4) is 0 Å². The molecule has 0 spiro atoms. The molecule has 0 aliphatic carbocycles. The molecule has 0 atom stereocenters. The molecular weight excluding hydrogens is 268 g/mol. The van der Waals surface area contributed by atoms with Crippen LogP contribution in [0.5, 0.6) is 0 Å². The molecule has 0 bridgehead atoms. The smallest absolute Gasteiger partial charge is 0.240 e. The van der Waals surface area contributed by atoms with Crippen molar-refractivity contribution in [3.8, 4) is 0 Å². The number of nitrogens with one attached hydrogen (secondary N) is 1. The lowest BCUT2D eigenvalue weighted by molar-refractivity contribution is 0.580. The fourth-order valence-corrected chi connectivity index (χ4v) is 3.04. The van der Waals surface area contributed by atoms with Gasteiger partial charge in [0.25, 0.3) is 0 Å². The molecule has 1 aromatic heterocycles. The largest absolute Gasteiger partial charge is 0.248 e. The maximum absolute atomic E-state index is 12.0. The van der Waals surface area contributed by atoms with Crippen LogP contribution in [0.1, 0.15) is 18.2 Å². The van der Waals surface area contributed by atoms with Crippen molar-refractivity contribution in [1.29, 1.82) is 0 Å². The molecule has 6 heteroatoms. The molecule has 96 valence electrons. The molecule has 18 heavy (non-hydrogen) atoms. The van der Waals surface area contributed by atoms with Crippen molar-refractivity contribution in [3.63, 3.8) is 0 Å². The molecule has 1 aromatic carbocycles. The van der Waals surface area contributed by atoms with Crippen LogP contribution in [0.2, 0.25) is 0 Å². The summed E-state index contributed by atoms with van der Waals surface area (Å²) in [7, 11) is -3.45. The SMILES string of the molecule is CCc1ccc(S(=O)(=O)NCc2cscn2)cc1. The van der Waals surface area contributed by atoms with E-state index in [-0.39, 0.29) is 11.4 Å². The van der Waals surface area contributed by atoms with Crippen molar-refractivity contribution in [3.05, 3.63) is 46.4 Å². The molecule has 1 heterocycles. The second-order valence-corrected chi connectivity index (χ2v) is 6.29. The van der Waals surface area contributed by atoms with Crippen LogP contribution in [0.25, 0.3) is 0 Å². The van der Waals surface area contributed by atoms with E-state index in [4.69, 9.17) is 0 Å². The average molecular weight is 282 g/mol.